The number of piperazine rings is 1. The van der Waals surface area contributed by atoms with Crippen LogP contribution in [0.1, 0.15) is 6.92 Å². The van der Waals surface area contributed by atoms with Crippen molar-refractivity contribution in [1.29, 1.82) is 0 Å². The van der Waals surface area contributed by atoms with E-state index in [0.717, 1.165) is 38.5 Å². The molecule has 1 aromatic rings. The lowest BCUT2D eigenvalue weighted by molar-refractivity contribution is -0.129. The Morgan fingerprint density at radius 3 is 3.00 bits per heavy atom. The van der Waals surface area contributed by atoms with Gasteiger partial charge in [-0.1, -0.05) is 5.21 Å². The molecule has 0 bridgehead atoms. The summed E-state index contributed by atoms with van der Waals surface area (Å²) < 4.78 is 1.73. The predicted molar refractivity (Wildman–Crippen MR) is 63.6 cm³/mol. The smallest absolute Gasteiger partial charge is 0.242 e. The van der Waals surface area contributed by atoms with Crippen molar-refractivity contribution in [2.75, 3.05) is 38.0 Å². The molecule has 0 atom stereocenters. The molecule has 2 heterocycles. The third kappa shape index (κ3) is 2.94. The molecule has 2 N–H and O–H groups in total. The van der Waals surface area contributed by atoms with Gasteiger partial charge in [0.25, 0.3) is 0 Å². The maximum absolute atomic E-state index is 11.9. The number of anilines is 1. The van der Waals surface area contributed by atoms with E-state index in [9.17, 15) is 4.79 Å². The number of nitrogens with one attached hydrogen (secondary N) is 2. The fourth-order valence-electron chi connectivity index (χ4n) is 1.82. The minimum absolute atomic E-state index is 0.121. The molecule has 0 spiro atoms. The summed E-state index contributed by atoms with van der Waals surface area (Å²) in [6.45, 7) is 6.34. The highest BCUT2D eigenvalue weighted by Gasteiger charge is 2.16. The molecular weight excluding hydrogens is 220 g/mol. The second kappa shape index (κ2) is 5.62. The van der Waals surface area contributed by atoms with Crippen LogP contribution in [0.4, 0.5) is 5.82 Å². The van der Waals surface area contributed by atoms with E-state index in [1.807, 2.05) is 11.8 Å². The quantitative estimate of drug-likeness (QED) is 0.714. The summed E-state index contributed by atoms with van der Waals surface area (Å²) >= 11 is 0. The number of aryl methyl sites for hydroxylation is 1. The average Bonchev–Trinajstić information content (AvgIpc) is 2.84. The number of hydrogen-bond acceptors (Lipinski definition) is 5. The highest BCUT2D eigenvalue weighted by Crippen LogP contribution is 2.03. The molecule has 0 aliphatic carbocycles. The van der Waals surface area contributed by atoms with Gasteiger partial charge < -0.3 is 15.5 Å². The van der Waals surface area contributed by atoms with Crippen LogP contribution < -0.4 is 10.6 Å². The lowest BCUT2D eigenvalue weighted by Gasteiger charge is -2.27. The highest BCUT2D eigenvalue weighted by molar-refractivity contribution is 5.80. The van der Waals surface area contributed by atoms with E-state index in [2.05, 4.69) is 20.9 Å². The van der Waals surface area contributed by atoms with Gasteiger partial charge in [-0.15, -0.1) is 5.10 Å². The largest absolute Gasteiger partial charge is 0.360 e. The number of amides is 1. The number of nitrogens with zero attached hydrogens (tertiary/aromatic N) is 4. The SMILES string of the molecule is CCn1nncc1NCC(=O)N1CCNCC1. The first-order valence-electron chi connectivity index (χ1n) is 5.92. The van der Waals surface area contributed by atoms with Crippen LogP contribution in [0.5, 0.6) is 0 Å². The molecule has 17 heavy (non-hydrogen) atoms. The average molecular weight is 238 g/mol. The highest BCUT2D eigenvalue weighted by atomic mass is 16.2. The Kier molecular flexibility index (Phi) is 3.92. The monoisotopic (exact) mass is 238 g/mol. The Morgan fingerprint density at radius 2 is 2.29 bits per heavy atom. The van der Waals surface area contributed by atoms with Gasteiger partial charge in [-0.2, -0.15) is 0 Å². The lowest BCUT2D eigenvalue weighted by Crippen LogP contribution is -2.48. The molecule has 1 amide bonds. The van der Waals surface area contributed by atoms with Crippen molar-refractivity contribution in [3.63, 3.8) is 0 Å². The summed E-state index contributed by atoms with van der Waals surface area (Å²) in [5, 5.41) is 14.0. The number of hydrogen-bond donors (Lipinski definition) is 2. The van der Waals surface area contributed by atoms with E-state index >= 15 is 0 Å². The van der Waals surface area contributed by atoms with E-state index in [1.54, 1.807) is 10.9 Å². The van der Waals surface area contributed by atoms with Gasteiger partial charge in [-0.3, -0.25) is 4.79 Å². The first kappa shape index (κ1) is 11.8. The van der Waals surface area contributed by atoms with Gasteiger partial charge in [0.2, 0.25) is 5.91 Å². The first-order chi connectivity index (χ1) is 8.31. The lowest BCUT2D eigenvalue weighted by atomic mass is 10.3. The maximum atomic E-state index is 11.9. The van der Waals surface area contributed by atoms with Crippen molar-refractivity contribution >= 4 is 11.7 Å². The summed E-state index contributed by atoms with van der Waals surface area (Å²) in [6, 6.07) is 0. The fourth-order valence-corrected chi connectivity index (χ4v) is 1.82. The Bertz CT molecular complexity index is 371. The van der Waals surface area contributed by atoms with Crippen LogP contribution in [-0.4, -0.2) is 58.5 Å². The molecule has 7 nitrogen and oxygen atoms in total. The third-order valence-electron chi connectivity index (χ3n) is 2.81. The maximum Gasteiger partial charge on any atom is 0.242 e. The summed E-state index contributed by atoms with van der Waals surface area (Å²) in [6.07, 6.45) is 1.63. The third-order valence-corrected chi connectivity index (χ3v) is 2.81. The molecule has 1 saturated heterocycles. The van der Waals surface area contributed by atoms with Gasteiger partial charge in [0.15, 0.2) is 0 Å². The molecule has 94 valence electrons. The van der Waals surface area contributed by atoms with Crippen molar-refractivity contribution in [1.82, 2.24) is 25.2 Å². The standard InChI is InChI=1S/C10H18N6O/c1-2-16-9(7-13-14-16)12-8-10(17)15-5-3-11-4-6-15/h7,11-12H,2-6,8H2,1H3. The minimum Gasteiger partial charge on any atom is -0.360 e. The molecule has 1 aliphatic rings. The molecule has 1 fully saturated rings. The molecule has 1 aliphatic heterocycles. The van der Waals surface area contributed by atoms with Gasteiger partial charge in [-0.25, -0.2) is 4.68 Å². The van der Waals surface area contributed by atoms with Crippen molar-refractivity contribution in [3.05, 3.63) is 6.20 Å². The van der Waals surface area contributed by atoms with Crippen LogP contribution in [0.25, 0.3) is 0 Å². The Labute approximate surface area is 100 Å². The van der Waals surface area contributed by atoms with E-state index in [1.165, 1.54) is 0 Å². The van der Waals surface area contributed by atoms with E-state index in [4.69, 9.17) is 0 Å². The van der Waals surface area contributed by atoms with E-state index < -0.39 is 0 Å². The number of carbonyl (C=O) groups is 1. The van der Waals surface area contributed by atoms with Crippen LogP contribution in [0, 0.1) is 0 Å². The van der Waals surface area contributed by atoms with E-state index in [-0.39, 0.29) is 5.91 Å². The van der Waals surface area contributed by atoms with Gasteiger partial charge >= 0.3 is 0 Å². The summed E-state index contributed by atoms with van der Waals surface area (Å²) in [4.78, 5) is 13.7. The molecule has 7 heteroatoms. The normalized spacial score (nSPS) is 15.9. The van der Waals surface area contributed by atoms with Crippen molar-refractivity contribution in [3.8, 4) is 0 Å². The Hall–Kier alpha value is -1.63. The Balaban J connectivity index is 1.83. The molecule has 0 radical (unpaired) electrons. The number of rotatable bonds is 4. The number of carbonyl (C=O) groups excluding carboxylic acids is 1. The van der Waals surface area contributed by atoms with Crippen LogP contribution >= 0.6 is 0 Å². The van der Waals surface area contributed by atoms with Crippen LogP contribution in [0.15, 0.2) is 6.20 Å². The van der Waals surface area contributed by atoms with Crippen LogP contribution in [0.2, 0.25) is 0 Å². The van der Waals surface area contributed by atoms with Crippen molar-refractivity contribution in [2.45, 2.75) is 13.5 Å². The van der Waals surface area contributed by atoms with Gasteiger partial charge in [0.1, 0.15) is 5.82 Å². The Morgan fingerprint density at radius 1 is 1.53 bits per heavy atom. The zero-order valence-corrected chi connectivity index (χ0v) is 10.0. The van der Waals surface area contributed by atoms with Crippen LogP contribution in [0.3, 0.4) is 0 Å². The second-order valence-electron chi connectivity index (χ2n) is 3.92. The van der Waals surface area contributed by atoms with E-state index in [0.29, 0.717) is 6.54 Å². The van der Waals surface area contributed by atoms with Gasteiger partial charge in [0.05, 0.1) is 12.7 Å². The van der Waals surface area contributed by atoms with Gasteiger partial charge in [0, 0.05) is 32.7 Å². The molecular formula is C10H18N6O. The summed E-state index contributed by atoms with van der Waals surface area (Å²) in [5.41, 5.74) is 0. The first-order valence-corrected chi connectivity index (χ1v) is 5.92. The topological polar surface area (TPSA) is 75.1 Å². The van der Waals surface area contributed by atoms with Crippen molar-refractivity contribution in [2.24, 2.45) is 0 Å². The zero-order valence-electron chi connectivity index (χ0n) is 10.0. The van der Waals surface area contributed by atoms with Crippen LogP contribution in [-0.2, 0) is 11.3 Å². The molecule has 0 aromatic carbocycles. The summed E-state index contributed by atoms with van der Waals surface area (Å²) in [7, 11) is 0. The zero-order chi connectivity index (χ0) is 12.1. The molecule has 1 aromatic heterocycles. The molecule has 0 unspecified atom stereocenters. The van der Waals surface area contributed by atoms with Crippen molar-refractivity contribution < 1.29 is 4.79 Å². The number of aromatic nitrogens is 3. The van der Waals surface area contributed by atoms with Gasteiger partial charge in [-0.05, 0) is 6.92 Å². The fraction of sp³-hybridized carbons (Fsp3) is 0.700. The molecule has 2 rings (SSSR count). The minimum atomic E-state index is 0.121. The second-order valence-corrected chi connectivity index (χ2v) is 3.92. The predicted octanol–water partition coefficient (Wildman–Crippen LogP) is -0.858. The summed E-state index contributed by atoms with van der Waals surface area (Å²) in [5.74, 6) is 0.909. The molecule has 0 saturated carbocycles.